The molecule has 7 N–H and O–H groups in total. The average molecular weight is 914 g/mol. The summed E-state index contributed by atoms with van der Waals surface area (Å²) in [6.07, 6.45) is 5.78. The SMILES string of the molecule is Cc1ncsc1-c1ccc(CNC(=O)[C@@H]2C[C@@H](O)CN2C(=O)C(NC(=O)CCCCCCCCCCC(=O)Nc2ccc(C(=O)Nc3ccc(F)cc3OC(N)=O)cc2)C(C)(C)C)cc1. The Morgan fingerprint density at radius 1 is 0.877 bits per heavy atom. The normalized spacial score (nSPS) is 15.2. The van der Waals surface area contributed by atoms with Crippen LogP contribution in [0.4, 0.5) is 20.6 Å². The Bertz CT molecular complexity index is 2280. The van der Waals surface area contributed by atoms with Crippen LogP contribution in [0.3, 0.4) is 0 Å². The van der Waals surface area contributed by atoms with E-state index in [9.17, 15) is 38.3 Å². The molecule has 348 valence electrons. The fourth-order valence-electron chi connectivity index (χ4n) is 7.56. The molecule has 1 aliphatic rings. The second kappa shape index (κ2) is 23.6. The predicted molar refractivity (Wildman–Crippen MR) is 247 cm³/mol. The Kier molecular flexibility index (Phi) is 18.1. The van der Waals surface area contributed by atoms with Crippen LogP contribution in [-0.2, 0) is 25.7 Å². The number of amides is 6. The number of hydrogen-bond acceptors (Lipinski definition) is 10. The third-order valence-corrected chi connectivity index (χ3v) is 12.1. The van der Waals surface area contributed by atoms with Crippen molar-refractivity contribution in [1.29, 1.82) is 0 Å². The number of likely N-dealkylation sites (tertiary alicyclic amines) is 1. The highest BCUT2D eigenvalue weighted by molar-refractivity contribution is 7.13. The lowest BCUT2D eigenvalue weighted by Gasteiger charge is -2.35. The standard InChI is InChI=1S/C48H60FN7O8S/c1-30-42(65-29-52-30)32-17-15-31(16-18-32)27-51-45(61)38-26-36(57)28-56(38)46(62)43(48(2,3)4)55-41(59)14-12-10-8-6-5-7-9-11-13-40(58)53-35-22-19-33(20-23-35)44(60)54-37-24-21-34(49)25-39(37)64-47(50)63/h15-25,29,36,38,43,57H,5-14,26-28H2,1-4H3,(H2,50,63)(H,51,61)(H,53,58)(H,54,60)(H,55,59)/t36-,38+,43?/m1/s1. The minimum absolute atomic E-state index is 0.0108. The number of carbonyl (C=O) groups is 6. The Labute approximate surface area is 383 Å². The lowest BCUT2D eigenvalue weighted by molar-refractivity contribution is -0.144. The number of primary amides is 1. The fraction of sp³-hybridized carbons (Fsp3) is 0.438. The zero-order valence-corrected chi connectivity index (χ0v) is 38.2. The minimum atomic E-state index is -1.15. The van der Waals surface area contributed by atoms with E-state index in [0.29, 0.717) is 18.5 Å². The van der Waals surface area contributed by atoms with Gasteiger partial charge in [-0.15, -0.1) is 11.3 Å². The van der Waals surface area contributed by atoms with E-state index in [0.717, 1.165) is 78.8 Å². The first-order valence-electron chi connectivity index (χ1n) is 22.0. The van der Waals surface area contributed by atoms with Gasteiger partial charge in [-0.2, -0.15) is 0 Å². The van der Waals surface area contributed by atoms with Crippen molar-refractivity contribution in [1.82, 2.24) is 20.5 Å². The molecule has 3 atom stereocenters. The Hall–Kier alpha value is -6.20. The van der Waals surface area contributed by atoms with Crippen molar-refractivity contribution in [2.24, 2.45) is 11.1 Å². The number of benzene rings is 3. The fourth-order valence-corrected chi connectivity index (χ4v) is 8.37. The number of ether oxygens (including phenoxy) is 1. The number of aryl methyl sites for hydroxylation is 1. The van der Waals surface area contributed by atoms with Gasteiger partial charge in [-0.05, 0) is 72.7 Å². The van der Waals surface area contributed by atoms with E-state index in [1.807, 2.05) is 57.5 Å². The number of aromatic nitrogens is 1. The van der Waals surface area contributed by atoms with Crippen LogP contribution in [0.5, 0.6) is 5.75 Å². The maximum Gasteiger partial charge on any atom is 0.410 e. The van der Waals surface area contributed by atoms with Gasteiger partial charge >= 0.3 is 6.09 Å². The van der Waals surface area contributed by atoms with Gasteiger partial charge in [0, 0.05) is 49.7 Å². The van der Waals surface area contributed by atoms with Gasteiger partial charge in [0.15, 0.2) is 5.75 Å². The molecule has 0 radical (unpaired) electrons. The molecule has 0 spiro atoms. The average Bonchev–Trinajstić information content (AvgIpc) is 3.88. The summed E-state index contributed by atoms with van der Waals surface area (Å²) in [5.74, 6) is -2.56. The topological polar surface area (TPSA) is 222 Å². The molecule has 0 bridgehead atoms. The molecular weight excluding hydrogens is 854 g/mol. The molecule has 0 aliphatic carbocycles. The van der Waals surface area contributed by atoms with Crippen molar-refractivity contribution in [2.75, 3.05) is 17.2 Å². The number of aliphatic hydroxyl groups excluding tert-OH is 1. The van der Waals surface area contributed by atoms with Crippen molar-refractivity contribution in [3.05, 3.63) is 94.9 Å². The molecule has 2 heterocycles. The van der Waals surface area contributed by atoms with Gasteiger partial charge in [-0.25, -0.2) is 14.2 Å². The van der Waals surface area contributed by atoms with Gasteiger partial charge in [-0.3, -0.25) is 24.0 Å². The van der Waals surface area contributed by atoms with Gasteiger partial charge in [0.25, 0.3) is 5.91 Å². The van der Waals surface area contributed by atoms with Crippen LogP contribution in [0.15, 0.2) is 72.2 Å². The number of anilines is 2. The number of nitrogens with zero attached hydrogens (tertiary/aromatic N) is 2. The summed E-state index contributed by atoms with van der Waals surface area (Å²) in [6.45, 7) is 7.84. The highest BCUT2D eigenvalue weighted by Crippen LogP contribution is 2.29. The van der Waals surface area contributed by atoms with E-state index in [1.54, 1.807) is 23.5 Å². The number of hydrogen-bond donors (Lipinski definition) is 6. The summed E-state index contributed by atoms with van der Waals surface area (Å²) in [4.78, 5) is 83.7. The number of β-amino-alcohol motifs (C(OH)–C–C–N with tert-alkyl or cyclic N) is 1. The van der Waals surface area contributed by atoms with E-state index >= 15 is 0 Å². The van der Waals surface area contributed by atoms with Crippen molar-refractivity contribution < 1.29 is 43.0 Å². The highest BCUT2D eigenvalue weighted by Gasteiger charge is 2.44. The Balaban J connectivity index is 0.945. The lowest BCUT2D eigenvalue weighted by atomic mass is 9.85. The Morgan fingerprint density at radius 3 is 2.11 bits per heavy atom. The number of aliphatic hydroxyl groups is 1. The second-order valence-electron chi connectivity index (χ2n) is 17.4. The van der Waals surface area contributed by atoms with E-state index in [-0.39, 0.29) is 66.6 Å². The van der Waals surface area contributed by atoms with Crippen LogP contribution in [0.2, 0.25) is 0 Å². The van der Waals surface area contributed by atoms with E-state index in [2.05, 4.69) is 26.3 Å². The summed E-state index contributed by atoms with van der Waals surface area (Å²) in [5.41, 5.74) is 9.96. The molecule has 6 amide bonds. The van der Waals surface area contributed by atoms with E-state index in [1.165, 1.54) is 23.1 Å². The van der Waals surface area contributed by atoms with Crippen LogP contribution in [0.1, 0.15) is 113 Å². The Morgan fingerprint density at radius 2 is 1.51 bits per heavy atom. The van der Waals surface area contributed by atoms with Crippen LogP contribution in [0, 0.1) is 18.2 Å². The van der Waals surface area contributed by atoms with Crippen molar-refractivity contribution in [3.8, 4) is 16.2 Å². The molecule has 1 saturated heterocycles. The first-order chi connectivity index (χ1) is 31.0. The molecule has 4 aromatic rings. The molecule has 1 unspecified atom stereocenters. The number of carbonyl (C=O) groups excluding carboxylic acids is 6. The number of thiazole rings is 1. The predicted octanol–water partition coefficient (Wildman–Crippen LogP) is 7.62. The third kappa shape index (κ3) is 15.2. The number of halogens is 1. The number of rotatable bonds is 21. The van der Waals surface area contributed by atoms with Gasteiger partial charge < -0.3 is 41.7 Å². The van der Waals surface area contributed by atoms with Gasteiger partial charge in [0.1, 0.15) is 17.9 Å². The highest BCUT2D eigenvalue weighted by atomic mass is 32.1. The number of nitrogens with two attached hydrogens (primary N) is 1. The summed E-state index contributed by atoms with van der Waals surface area (Å²) in [6, 6.07) is 15.6. The van der Waals surface area contributed by atoms with E-state index < -0.39 is 41.4 Å². The van der Waals surface area contributed by atoms with Crippen molar-refractivity contribution in [2.45, 2.75) is 123 Å². The third-order valence-electron chi connectivity index (χ3n) is 11.1. The first kappa shape index (κ1) is 49.8. The number of nitrogens with one attached hydrogen (secondary N) is 4. The van der Waals surface area contributed by atoms with Crippen LogP contribution in [-0.4, -0.2) is 75.4 Å². The molecule has 65 heavy (non-hydrogen) atoms. The second-order valence-corrected chi connectivity index (χ2v) is 18.3. The lowest BCUT2D eigenvalue weighted by Crippen LogP contribution is -2.57. The monoisotopic (exact) mass is 913 g/mol. The molecular formula is C48H60FN7O8S. The summed E-state index contributed by atoms with van der Waals surface area (Å²) >= 11 is 1.57. The van der Waals surface area contributed by atoms with Gasteiger partial charge in [0.05, 0.1) is 27.9 Å². The number of unbranched alkanes of at least 4 members (excludes halogenated alkanes) is 7. The van der Waals surface area contributed by atoms with Gasteiger partial charge in [-0.1, -0.05) is 83.6 Å². The van der Waals surface area contributed by atoms with Gasteiger partial charge in [0.2, 0.25) is 23.6 Å². The van der Waals surface area contributed by atoms with Crippen LogP contribution < -0.4 is 31.7 Å². The maximum absolute atomic E-state index is 14.0. The molecule has 15 nitrogen and oxygen atoms in total. The smallest absolute Gasteiger partial charge is 0.408 e. The van der Waals surface area contributed by atoms with Crippen molar-refractivity contribution >= 4 is 58.3 Å². The quantitative estimate of drug-likeness (QED) is 0.0452. The molecule has 0 saturated carbocycles. The molecule has 17 heteroatoms. The van der Waals surface area contributed by atoms with Crippen LogP contribution in [0.25, 0.3) is 10.4 Å². The van der Waals surface area contributed by atoms with Crippen LogP contribution >= 0.6 is 11.3 Å². The minimum Gasteiger partial charge on any atom is -0.408 e. The summed E-state index contributed by atoms with van der Waals surface area (Å²) in [5, 5.41) is 21.8. The molecule has 1 aliphatic heterocycles. The van der Waals surface area contributed by atoms with Crippen molar-refractivity contribution in [3.63, 3.8) is 0 Å². The molecule has 1 aromatic heterocycles. The zero-order valence-electron chi connectivity index (χ0n) is 37.4. The molecule has 5 rings (SSSR count). The summed E-state index contributed by atoms with van der Waals surface area (Å²) < 4.78 is 18.4. The molecule has 1 fully saturated rings. The maximum atomic E-state index is 14.0. The molecule has 3 aromatic carbocycles. The van der Waals surface area contributed by atoms with E-state index in [4.69, 9.17) is 10.5 Å². The first-order valence-corrected chi connectivity index (χ1v) is 22.9. The summed E-state index contributed by atoms with van der Waals surface area (Å²) in [7, 11) is 0. The zero-order chi connectivity index (χ0) is 47.1. The largest absolute Gasteiger partial charge is 0.410 e.